The Morgan fingerprint density at radius 1 is 0.967 bits per heavy atom. The van der Waals surface area contributed by atoms with Crippen LogP contribution in [0.4, 0.5) is 11.5 Å². The molecule has 1 aliphatic heterocycles. The van der Waals surface area contributed by atoms with Crippen LogP contribution >= 0.6 is 0 Å². The van der Waals surface area contributed by atoms with Crippen LogP contribution in [-0.2, 0) is 10.0 Å². The SMILES string of the molecule is Cc1cccc(NS(=O)(=O)c2ccc(-n3c(N)c4c(cc3=O)C(=O)NC4=O)cc2)c1. The Kier molecular flexibility index (Phi) is 4.43. The van der Waals surface area contributed by atoms with Gasteiger partial charge in [0.05, 0.1) is 21.7 Å². The first-order chi connectivity index (χ1) is 14.2. The summed E-state index contributed by atoms with van der Waals surface area (Å²) in [7, 11) is -3.85. The third-order valence-corrected chi connectivity index (χ3v) is 6.03. The summed E-state index contributed by atoms with van der Waals surface area (Å²) in [6, 6.07) is 13.4. The molecule has 4 N–H and O–H groups in total. The first-order valence-electron chi connectivity index (χ1n) is 8.78. The fourth-order valence-electron chi connectivity index (χ4n) is 3.24. The van der Waals surface area contributed by atoms with Gasteiger partial charge in [-0.25, -0.2) is 8.42 Å². The molecule has 30 heavy (non-hydrogen) atoms. The van der Waals surface area contributed by atoms with E-state index in [1.54, 1.807) is 18.2 Å². The van der Waals surface area contributed by atoms with E-state index in [2.05, 4.69) is 10.0 Å². The van der Waals surface area contributed by atoms with Gasteiger partial charge in [0.1, 0.15) is 5.82 Å². The maximum Gasteiger partial charge on any atom is 0.262 e. The van der Waals surface area contributed by atoms with Crippen LogP contribution in [0.2, 0.25) is 0 Å². The Hall–Kier alpha value is -3.92. The van der Waals surface area contributed by atoms with Gasteiger partial charge in [0.2, 0.25) is 0 Å². The molecule has 152 valence electrons. The van der Waals surface area contributed by atoms with E-state index in [0.29, 0.717) is 5.69 Å². The van der Waals surface area contributed by atoms with E-state index in [9.17, 15) is 22.8 Å². The highest BCUT2D eigenvalue weighted by atomic mass is 32.2. The Bertz CT molecular complexity index is 1380. The number of aromatic nitrogens is 1. The van der Waals surface area contributed by atoms with E-state index in [4.69, 9.17) is 5.73 Å². The molecule has 3 aromatic rings. The molecule has 0 unspecified atom stereocenters. The lowest BCUT2D eigenvalue weighted by atomic mass is 10.1. The second-order valence-corrected chi connectivity index (χ2v) is 8.43. The van der Waals surface area contributed by atoms with Gasteiger partial charge in [0.15, 0.2) is 0 Å². The number of pyridine rings is 1. The summed E-state index contributed by atoms with van der Waals surface area (Å²) in [6.45, 7) is 1.85. The quantitative estimate of drug-likeness (QED) is 0.541. The minimum absolute atomic E-state index is 0.0199. The molecule has 2 aromatic carbocycles. The summed E-state index contributed by atoms with van der Waals surface area (Å²) in [4.78, 5) is 36.2. The largest absolute Gasteiger partial charge is 0.384 e. The van der Waals surface area contributed by atoms with Gasteiger partial charge >= 0.3 is 0 Å². The number of nitrogens with zero attached hydrogens (tertiary/aromatic N) is 1. The van der Waals surface area contributed by atoms with Crippen LogP contribution in [-0.4, -0.2) is 24.8 Å². The molecule has 0 radical (unpaired) electrons. The number of sulfonamides is 1. The van der Waals surface area contributed by atoms with Gasteiger partial charge in [0, 0.05) is 11.8 Å². The highest BCUT2D eigenvalue weighted by molar-refractivity contribution is 7.92. The molecule has 0 spiro atoms. The molecule has 0 aliphatic carbocycles. The van der Waals surface area contributed by atoms with Crippen molar-refractivity contribution in [3.63, 3.8) is 0 Å². The van der Waals surface area contributed by atoms with Crippen LogP contribution in [0.3, 0.4) is 0 Å². The van der Waals surface area contributed by atoms with Gasteiger partial charge in [-0.3, -0.25) is 29.0 Å². The van der Waals surface area contributed by atoms with E-state index in [1.165, 1.54) is 24.3 Å². The van der Waals surface area contributed by atoms with E-state index >= 15 is 0 Å². The molecule has 2 heterocycles. The number of fused-ring (bicyclic) bond motifs is 1. The number of carbonyl (C=O) groups is 2. The molecule has 2 amide bonds. The van der Waals surface area contributed by atoms with Crippen LogP contribution in [0, 0.1) is 6.92 Å². The van der Waals surface area contributed by atoms with Crippen LogP contribution in [0.25, 0.3) is 5.69 Å². The molecule has 1 aliphatic rings. The zero-order chi connectivity index (χ0) is 21.6. The average molecular weight is 424 g/mol. The lowest BCUT2D eigenvalue weighted by Gasteiger charge is -2.13. The number of nitrogen functional groups attached to an aromatic ring is 1. The Morgan fingerprint density at radius 3 is 2.33 bits per heavy atom. The van der Waals surface area contributed by atoms with E-state index in [-0.39, 0.29) is 27.5 Å². The predicted octanol–water partition coefficient (Wildman–Crippen LogP) is 1.41. The summed E-state index contributed by atoms with van der Waals surface area (Å²) in [5.41, 5.74) is 6.77. The Labute approximate surface area is 171 Å². The standard InChI is InChI=1S/C20H16N4O5S/c1-11-3-2-4-12(9-11)23-30(28,29)14-7-5-13(6-8-14)24-16(25)10-15-17(18(24)21)20(27)22-19(15)26/h2-10,23H,21H2,1H3,(H,22,26,27). The predicted molar refractivity (Wildman–Crippen MR) is 110 cm³/mol. The van der Waals surface area contributed by atoms with Crippen molar-refractivity contribution < 1.29 is 18.0 Å². The molecule has 0 fully saturated rings. The van der Waals surface area contributed by atoms with Crippen LogP contribution in [0.5, 0.6) is 0 Å². The number of imide groups is 1. The third-order valence-electron chi connectivity index (χ3n) is 4.63. The lowest BCUT2D eigenvalue weighted by Crippen LogP contribution is -2.24. The zero-order valence-electron chi connectivity index (χ0n) is 15.7. The lowest BCUT2D eigenvalue weighted by molar-refractivity contribution is 0.0880. The summed E-state index contributed by atoms with van der Waals surface area (Å²) in [6.07, 6.45) is 0. The molecule has 0 bridgehead atoms. The number of carbonyl (C=O) groups excluding carboxylic acids is 2. The van der Waals surface area contributed by atoms with Crippen molar-refractivity contribution in [3.05, 3.63) is 81.6 Å². The normalized spacial score (nSPS) is 13.1. The number of aryl methyl sites for hydroxylation is 1. The van der Waals surface area contributed by atoms with Crippen LogP contribution in [0.1, 0.15) is 26.3 Å². The molecule has 9 nitrogen and oxygen atoms in total. The molecular formula is C20H16N4O5S. The van der Waals surface area contributed by atoms with Gasteiger partial charge < -0.3 is 5.73 Å². The third kappa shape index (κ3) is 3.22. The molecule has 0 saturated carbocycles. The summed E-state index contributed by atoms with van der Waals surface area (Å²) >= 11 is 0. The summed E-state index contributed by atoms with van der Waals surface area (Å²) in [5, 5.41) is 2.09. The van der Waals surface area contributed by atoms with Gasteiger partial charge in [-0.2, -0.15) is 0 Å². The second kappa shape index (κ2) is 6.85. The fraction of sp³-hybridized carbons (Fsp3) is 0.0500. The maximum atomic E-state index is 12.6. The Morgan fingerprint density at radius 2 is 1.67 bits per heavy atom. The van der Waals surface area contributed by atoms with Crippen LogP contribution < -0.4 is 21.3 Å². The summed E-state index contributed by atoms with van der Waals surface area (Å²) < 4.78 is 28.8. The van der Waals surface area contributed by atoms with E-state index < -0.39 is 27.4 Å². The smallest absolute Gasteiger partial charge is 0.262 e. The van der Waals surface area contributed by atoms with Crippen molar-refractivity contribution in [1.29, 1.82) is 0 Å². The number of hydrogen-bond donors (Lipinski definition) is 3. The summed E-state index contributed by atoms with van der Waals surface area (Å²) in [5.74, 6) is -1.58. The van der Waals surface area contributed by atoms with Gasteiger partial charge in [-0.15, -0.1) is 0 Å². The van der Waals surface area contributed by atoms with E-state index in [0.717, 1.165) is 16.2 Å². The van der Waals surface area contributed by atoms with Crippen molar-refractivity contribution in [1.82, 2.24) is 9.88 Å². The molecule has 0 atom stereocenters. The number of amides is 2. The van der Waals surface area contributed by atoms with Crippen LogP contribution in [0.15, 0.2) is 64.3 Å². The number of rotatable bonds is 4. The molecule has 1 aromatic heterocycles. The van der Waals surface area contributed by atoms with Crippen molar-refractivity contribution in [3.8, 4) is 5.69 Å². The molecular weight excluding hydrogens is 408 g/mol. The highest BCUT2D eigenvalue weighted by Gasteiger charge is 2.31. The van der Waals surface area contributed by atoms with E-state index in [1.807, 2.05) is 13.0 Å². The average Bonchev–Trinajstić information content (AvgIpc) is 2.95. The molecule has 4 rings (SSSR count). The van der Waals surface area contributed by atoms with Gasteiger partial charge in [0.25, 0.3) is 27.4 Å². The zero-order valence-corrected chi connectivity index (χ0v) is 16.5. The van der Waals surface area contributed by atoms with Crippen molar-refractivity contribution in [2.45, 2.75) is 11.8 Å². The van der Waals surface area contributed by atoms with Crippen molar-refractivity contribution >= 4 is 33.3 Å². The number of hydrogen-bond acceptors (Lipinski definition) is 6. The molecule has 10 heteroatoms. The topological polar surface area (TPSA) is 140 Å². The van der Waals surface area contributed by atoms with Gasteiger partial charge in [-0.1, -0.05) is 12.1 Å². The number of nitrogens with one attached hydrogen (secondary N) is 2. The monoisotopic (exact) mass is 424 g/mol. The van der Waals surface area contributed by atoms with Crippen molar-refractivity contribution in [2.75, 3.05) is 10.5 Å². The van der Waals surface area contributed by atoms with Crippen molar-refractivity contribution in [2.24, 2.45) is 0 Å². The fourth-order valence-corrected chi connectivity index (χ4v) is 4.29. The number of nitrogens with two attached hydrogens (primary N) is 1. The molecule has 0 saturated heterocycles. The second-order valence-electron chi connectivity index (χ2n) is 6.74. The number of benzene rings is 2. The number of anilines is 2. The van der Waals surface area contributed by atoms with Gasteiger partial charge in [-0.05, 0) is 48.9 Å². The minimum atomic E-state index is -3.85. The first kappa shape index (κ1) is 19.4. The minimum Gasteiger partial charge on any atom is -0.384 e. The Balaban J connectivity index is 1.71. The highest BCUT2D eigenvalue weighted by Crippen LogP contribution is 2.24. The maximum absolute atomic E-state index is 12.6. The first-order valence-corrected chi connectivity index (χ1v) is 10.3.